The molecule has 3 aromatic rings. The summed E-state index contributed by atoms with van der Waals surface area (Å²) in [6, 6.07) is 16.0. The van der Waals surface area contributed by atoms with Crippen molar-refractivity contribution in [3.05, 3.63) is 65.4 Å². The van der Waals surface area contributed by atoms with Crippen molar-refractivity contribution in [2.24, 2.45) is 0 Å². The number of ether oxygens (including phenoxy) is 1. The van der Waals surface area contributed by atoms with Crippen molar-refractivity contribution >= 4 is 16.7 Å². The lowest BCUT2D eigenvalue weighted by atomic mass is 10.1. The monoisotopic (exact) mass is 336 g/mol. The lowest BCUT2D eigenvalue weighted by Gasteiger charge is -2.16. The molecular formula is C21H24N2O2. The highest BCUT2D eigenvalue weighted by molar-refractivity contribution is 6.10. The number of H-pyrrole nitrogens is 1. The van der Waals surface area contributed by atoms with Gasteiger partial charge in [0.1, 0.15) is 5.75 Å². The molecule has 0 aliphatic carbocycles. The Labute approximate surface area is 148 Å². The van der Waals surface area contributed by atoms with Crippen molar-refractivity contribution in [1.82, 2.24) is 9.88 Å². The number of nitrogens with one attached hydrogen (secondary N) is 1. The quantitative estimate of drug-likeness (QED) is 0.658. The Kier molecular flexibility index (Phi) is 5.19. The Bertz CT molecular complexity index is 865. The maximum atomic E-state index is 12.8. The van der Waals surface area contributed by atoms with Crippen LogP contribution in [0.15, 0.2) is 48.5 Å². The van der Waals surface area contributed by atoms with E-state index in [0.717, 1.165) is 40.0 Å². The number of hydrogen-bond donors (Lipinski definition) is 1. The van der Waals surface area contributed by atoms with Gasteiger partial charge in [-0.3, -0.25) is 9.69 Å². The van der Waals surface area contributed by atoms with E-state index in [-0.39, 0.29) is 5.78 Å². The number of nitrogens with zero attached hydrogens (tertiary/aromatic N) is 1. The molecular weight excluding hydrogens is 312 g/mol. The molecule has 0 fully saturated rings. The first-order valence-corrected chi connectivity index (χ1v) is 8.59. The van der Waals surface area contributed by atoms with Gasteiger partial charge in [0.15, 0.2) is 5.78 Å². The molecule has 0 spiro atoms. The van der Waals surface area contributed by atoms with E-state index in [0.29, 0.717) is 13.2 Å². The molecule has 0 aliphatic heterocycles. The number of rotatable bonds is 7. The van der Waals surface area contributed by atoms with Crippen molar-refractivity contribution in [3.63, 3.8) is 0 Å². The van der Waals surface area contributed by atoms with Crippen LogP contribution < -0.4 is 4.74 Å². The van der Waals surface area contributed by atoms with E-state index in [9.17, 15) is 4.79 Å². The van der Waals surface area contributed by atoms with Crippen LogP contribution in [0.1, 0.15) is 28.5 Å². The molecule has 0 saturated carbocycles. The van der Waals surface area contributed by atoms with Crippen LogP contribution >= 0.6 is 0 Å². The van der Waals surface area contributed by atoms with Gasteiger partial charge in [0.25, 0.3) is 0 Å². The molecule has 0 amide bonds. The number of hydrogen-bond acceptors (Lipinski definition) is 3. The van der Waals surface area contributed by atoms with Crippen LogP contribution in [-0.2, 0) is 6.54 Å². The highest BCUT2D eigenvalue weighted by Gasteiger charge is 2.17. The van der Waals surface area contributed by atoms with E-state index >= 15 is 0 Å². The zero-order valence-electron chi connectivity index (χ0n) is 15.0. The number of Topliss-reactive ketones (excluding diaryl/α,β-unsaturated/α-hetero) is 1. The first-order chi connectivity index (χ1) is 12.1. The summed E-state index contributed by atoms with van der Waals surface area (Å²) in [5.41, 5.74) is 3.90. The normalized spacial score (nSPS) is 11.2. The fourth-order valence-corrected chi connectivity index (χ4v) is 3.19. The molecule has 0 bridgehead atoms. The fraction of sp³-hybridized carbons (Fsp3) is 0.286. The van der Waals surface area contributed by atoms with Gasteiger partial charge in [0.05, 0.1) is 13.2 Å². The summed E-state index contributed by atoms with van der Waals surface area (Å²) in [5.74, 6) is 1.02. The summed E-state index contributed by atoms with van der Waals surface area (Å²) in [5, 5.41) is 1.000. The first-order valence-electron chi connectivity index (χ1n) is 8.59. The summed E-state index contributed by atoms with van der Waals surface area (Å²) in [7, 11) is 1.97. The van der Waals surface area contributed by atoms with Crippen LogP contribution in [0.3, 0.4) is 0 Å². The number of aromatic amines is 1. The van der Waals surface area contributed by atoms with Crippen molar-refractivity contribution in [1.29, 1.82) is 0 Å². The minimum atomic E-state index is 0.142. The largest absolute Gasteiger partial charge is 0.494 e. The smallest absolute Gasteiger partial charge is 0.179 e. The van der Waals surface area contributed by atoms with Gasteiger partial charge in [-0.25, -0.2) is 0 Å². The van der Waals surface area contributed by atoms with E-state index in [1.165, 1.54) is 0 Å². The second kappa shape index (κ2) is 7.53. The zero-order chi connectivity index (χ0) is 17.8. The molecule has 130 valence electrons. The molecule has 0 atom stereocenters. The molecule has 25 heavy (non-hydrogen) atoms. The third-order valence-electron chi connectivity index (χ3n) is 4.27. The van der Waals surface area contributed by atoms with Crippen LogP contribution in [0, 0.1) is 6.92 Å². The SMILES string of the molecule is CCOc1ccc(CN(C)CC(=O)c2c(C)[nH]c3ccccc23)cc1. The van der Waals surface area contributed by atoms with Gasteiger partial charge in [-0.05, 0) is 44.7 Å². The van der Waals surface area contributed by atoms with Crippen LogP contribution in [0.4, 0.5) is 0 Å². The van der Waals surface area contributed by atoms with Gasteiger partial charge in [-0.15, -0.1) is 0 Å². The third-order valence-corrected chi connectivity index (χ3v) is 4.27. The van der Waals surface area contributed by atoms with Crippen molar-refractivity contribution in [2.45, 2.75) is 20.4 Å². The van der Waals surface area contributed by atoms with Crippen LogP contribution in [0.25, 0.3) is 10.9 Å². The molecule has 0 unspecified atom stereocenters. The molecule has 0 radical (unpaired) electrons. The highest BCUT2D eigenvalue weighted by Crippen LogP contribution is 2.22. The molecule has 3 rings (SSSR count). The van der Waals surface area contributed by atoms with E-state index in [2.05, 4.69) is 4.98 Å². The average Bonchev–Trinajstić information content (AvgIpc) is 2.92. The number of carbonyl (C=O) groups excluding carboxylic acids is 1. The molecule has 2 aromatic carbocycles. The van der Waals surface area contributed by atoms with E-state index in [1.54, 1.807) is 0 Å². The number of aromatic nitrogens is 1. The topological polar surface area (TPSA) is 45.3 Å². The number of ketones is 1. The van der Waals surface area contributed by atoms with Crippen molar-refractivity contribution < 1.29 is 9.53 Å². The number of aryl methyl sites for hydroxylation is 1. The maximum Gasteiger partial charge on any atom is 0.179 e. The summed E-state index contributed by atoms with van der Waals surface area (Å²) < 4.78 is 5.46. The predicted molar refractivity (Wildman–Crippen MR) is 101 cm³/mol. The number of benzene rings is 2. The molecule has 1 N–H and O–H groups in total. The van der Waals surface area contributed by atoms with Gasteiger partial charge in [0, 0.05) is 28.7 Å². The maximum absolute atomic E-state index is 12.8. The number of para-hydroxylation sites is 1. The Balaban J connectivity index is 1.68. The van der Waals surface area contributed by atoms with Gasteiger partial charge >= 0.3 is 0 Å². The number of carbonyl (C=O) groups is 1. The lowest BCUT2D eigenvalue weighted by Crippen LogP contribution is -2.25. The standard InChI is InChI=1S/C21H24N2O2/c1-4-25-17-11-9-16(10-12-17)13-23(3)14-20(24)21-15(2)22-19-8-6-5-7-18(19)21/h5-12,22H,4,13-14H2,1-3H3. The first kappa shape index (κ1) is 17.2. The number of fused-ring (bicyclic) bond motifs is 1. The van der Waals surface area contributed by atoms with Crippen LogP contribution in [0.5, 0.6) is 5.75 Å². The average molecular weight is 336 g/mol. The number of likely N-dealkylation sites (N-methyl/N-ethyl adjacent to an activating group) is 1. The molecule has 4 nitrogen and oxygen atoms in total. The summed E-state index contributed by atoms with van der Waals surface area (Å²) in [6.45, 7) is 5.70. The molecule has 1 aromatic heterocycles. The Morgan fingerprint density at radius 3 is 2.56 bits per heavy atom. The lowest BCUT2D eigenvalue weighted by molar-refractivity contribution is 0.0944. The summed E-state index contributed by atoms with van der Waals surface area (Å²) in [4.78, 5) is 18.1. The van der Waals surface area contributed by atoms with Gasteiger partial charge < -0.3 is 9.72 Å². The third kappa shape index (κ3) is 3.91. The molecule has 4 heteroatoms. The van der Waals surface area contributed by atoms with E-state index in [4.69, 9.17) is 4.74 Å². The van der Waals surface area contributed by atoms with Gasteiger partial charge in [0.2, 0.25) is 0 Å². The molecule has 0 aliphatic rings. The highest BCUT2D eigenvalue weighted by atomic mass is 16.5. The Hall–Kier alpha value is -2.59. The Morgan fingerprint density at radius 1 is 1.12 bits per heavy atom. The molecule has 0 saturated heterocycles. The zero-order valence-corrected chi connectivity index (χ0v) is 15.0. The minimum absolute atomic E-state index is 0.142. The van der Waals surface area contributed by atoms with Crippen LogP contribution in [0.2, 0.25) is 0 Å². The second-order valence-corrected chi connectivity index (χ2v) is 6.34. The Morgan fingerprint density at radius 2 is 1.84 bits per heavy atom. The summed E-state index contributed by atoms with van der Waals surface area (Å²) in [6.07, 6.45) is 0. The van der Waals surface area contributed by atoms with Crippen molar-refractivity contribution in [3.8, 4) is 5.75 Å². The van der Waals surface area contributed by atoms with Crippen LogP contribution in [-0.4, -0.2) is 35.9 Å². The van der Waals surface area contributed by atoms with Gasteiger partial charge in [-0.2, -0.15) is 0 Å². The second-order valence-electron chi connectivity index (χ2n) is 6.34. The summed E-state index contributed by atoms with van der Waals surface area (Å²) >= 11 is 0. The predicted octanol–water partition coefficient (Wildman–Crippen LogP) is 4.19. The molecule has 1 heterocycles. The van der Waals surface area contributed by atoms with E-state index < -0.39 is 0 Å². The van der Waals surface area contributed by atoms with Crippen molar-refractivity contribution in [2.75, 3.05) is 20.2 Å². The van der Waals surface area contributed by atoms with Gasteiger partial charge in [-0.1, -0.05) is 30.3 Å². The fourth-order valence-electron chi connectivity index (χ4n) is 3.19. The minimum Gasteiger partial charge on any atom is -0.494 e. The van der Waals surface area contributed by atoms with E-state index in [1.807, 2.05) is 74.3 Å².